The van der Waals surface area contributed by atoms with Crippen LogP contribution in [0.25, 0.3) is 0 Å². The van der Waals surface area contributed by atoms with Crippen LogP contribution in [0.1, 0.15) is 37.8 Å². The Kier molecular flexibility index (Phi) is 10.7. The number of aryl methyl sites for hydroxylation is 1. The molecule has 0 spiro atoms. The molecule has 3 amide bonds. The number of nitrogens with one attached hydrogen (secondary N) is 3. The van der Waals surface area contributed by atoms with Crippen molar-refractivity contribution in [3.63, 3.8) is 0 Å². The average molecular weight is 579 g/mol. The smallest absolute Gasteiger partial charge is 0.326 e. The summed E-state index contributed by atoms with van der Waals surface area (Å²) in [5.41, 5.74) is 0.570. The number of carboxylic acid groups (broad SMARTS) is 1. The van der Waals surface area contributed by atoms with E-state index in [1.807, 2.05) is 79.4 Å². The summed E-state index contributed by atoms with van der Waals surface area (Å²) in [7, 11) is 0. The van der Waals surface area contributed by atoms with Gasteiger partial charge < -0.3 is 25.8 Å². The van der Waals surface area contributed by atoms with E-state index in [4.69, 9.17) is 4.74 Å². The number of rotatable bonds is 14. The van der Waals surface area contributed by atoms with Crippen molar-refractivity contribution in [3.05, 3.63) is 71.8 Å². The van der Waals surface area contributed by atoms with Crippen LogP contribution < -0.4 is 16.0 Å². The summed E-state index contributed by atoms with van der Waals surface area (Å²) in [5, 5.41) is 18.4. The summed E-state index contributed by atoms with van der Waals surface area (Å²) < 4.78 is 5.36. The zero-order valence-electron chi connectivity index (χ0n) is 24.4. The molecule has 4 rings (SSSR count). The van der Waals surface area contributed by atoms with Crippen LogP contribution in [0.15, 0.2) is 60.7 Å². The summed E-state index contributed by atoms with van der Waals surface area (Å²) in [5.74, 6) is -2.47. The van der Waals surface area contributed by atoms with Gasteiger partial charge in [-0.25, -0.2) is 4.79 Å². The number of ether oxygens (including phenoxy) is 1. The first-order valence-electron chi connectivity index (χ1n) is 14.7. The van der Waals surface area contributed by atoms with Gasteiger partial charge in [0.15, 0.2) is 0 Å². The van der Waals surface area contributed by atoms with Crippen LogP contribution in [-0.2, 0) is 36.8 Å². The zero-order chi connectivity index (χ0) is 30.1. The lowest BCUT2D eigenvalue weighted by Gasteiger charge is -2.28. The van der Waals surface area contributed by atoms with Crippen LogP contribution in [-0.4, -0.2) is 84.2 Å². The largest absolute Gasteiger partial charge is 0.480 e. The first-order chi connectivity index (χ1) is 20.2. The Bertz CT molecular complexity index is 1220. The Balaban J connectivity index is 1.48. The fourth-order valence-electron chi connectivity index (χ4n) is 5.62. The van der Waals surface area contributed by atoms with Crippen LogP contribution in [0.2, 0.25) is 0 Å². The summed E-state index contributed by atoms with van der Waals surface area (Å²) in [6.45, 7) is 6.49. The van der Waals surface area contributed by atoms with Gasteiger partial charge in [0.2, 0.25) is 17.7 Å². The normalized spacial score (nSPS) is 21.6. The molecule has 226 valence electrons. The minimum Gasteiger partial charge on any atom is -0.480 e. The van der Waals surface area contributed by atoms with Crippen LogP contribution in [0, 0.1) is 11.8 Å². The van der Waals surface area contributed by atoms with Crippen molar-refractivity contribution in [1.29, 1.82) is 0 Å². The van der Waals surface area contributed by atoms with Crippen molar-refractivity contribution in [2.24, 2.45) is 11.8 Å². The molecule has 4 N–H and O–H groups in total. The van der Waals surface area contributed by atoms with Crippen molar-refractivity contribution in [2.75, 3.05) is 32.8 Å². The van der Waals surface area contributed by atoms with E-state index >= 15 is 0 Å². The molecule has 2 aromatic rings. The quantitative estimate of drug-likeness (QED) is 0.268. The molecule has 1 aliphatic heterocycles. The molecule has 0 bridgehead atoms. The van der Waals surface area contributed by atoms with Crippen molar-refractivity contribution >= 4 is 23.7 Å². The van der Waals surface area contributed by atoms with Gasteiger partial charge in [0.05, 0.1) is 19.8 Å². The Morgan fingerprint density at radius 1 is 0.929 bits per heavy atom. The van der Waals surface area contributed by atoms with E-state index in [2.05, 4.69) is 16.0 Å². The lowest BCUT2D eigenvalue weighted by atomic mass is 10.00. The van der Waals surface area contributed by atoms with E-state index < -0.39 is 35.4 Å². The van der Waals surface area contributed by atoms with E-state index in [9.17, 15) is 24.3 Å². The van der Waals surface area contributed by atoms with Gasteiger partial charge in [-0.05, 0) is 42.2 Å². The highest BCUT2D eigenvalue weighted by molar-refractivity contribution is 5.98. The molecule has 4 atom stereocenters. The second kappa shape index (κ2) is 14.4. The van der Waals surface area contributed by atoms with Crippen molar-refractivity contribution in [3.8, 4) is 0 Å². The first kappa shape index (κ1) is 31.2. The number of carbonyl (C=O) groups is 4. The van der Waals surface area contributed by atoms with Gasteiger partial charge in [0.1, 0.15) is 17.6 Å². The van der Waals surface area contributed by atoms with Crippen LogP contribution in [0.5, 0.6) is 0 Å². The lowest BCUT2D eigenvalue weighted by Crippen LogP contribution is -2.59. The topological polar surface area (TPSA) is 137 Å². The number of morpholine rings is 1. The SMILES string of the molecule is CC(C)C1C[C@]1(NC(=O)[C@H](CCc1ccccc1)NC(=O)CN1CCOCC1)C(=O)N[C@@H](Cc1ccccc1)C(=O)O. The van der Waals surface area contributed by atoms with Crippen molar-refractivity contribution in [1.82, 2.24) is 20.9 Å². The number of carboxylic acids is 1. The standard InChI is InChI=1S/C32H42N4O6/c1-22(2)25-20-32(25,31(41)34-27(30(39)40)19-24-11-7-4-8-12-24)35-29(38)26(14-13-23-9-5-3-6-10-23)33-28(37)21-36-15-17-42-18-16-36/h3-12,22,25-27H,13-21H2,1-2H3,(H,33,37)(H,34,41)(H,35,38)(H,39,40)/t25?,26-,27-,32+/m0/s1. The Morgan fingerprint density at radius 3 is 2.12 bits per heavy atom. The van der Waals surface area contributed by atoms with Gasteiger partial charge in [0.25, 0.3) is 0 Å². The fraction of sp³-hybridized carbons (Fsp3) is 0.500. The molecule has 10 heteroatoms. The molecule has 1 heterocycles. The molecular formula is C32H42N4O6. The molecule has 1 aliphatic carbocycles. The van der Waals surface area contributed by atoms with Crippen LogP contribution in [0.3, 0.4) is 0 Å². The maximum Gasteiger partial charge on any atom is 0.326 e. The Hall–Kier alpha value is -3.76. The van der Waals surface area contributed by atoms with Gasteiger partial charge in [-0.1, -0.05) is 74.5 Å². The Morgan fingerprint density at radius 2 is 1.55 bits per heavy atom. The third-order valence-corrected chi connectivity index (χ3v) is 8.14. The summed E-state index contributed by atoms with van der Waals surface area (Å²) in [6, 6.07) is 16.8. The van der Waals surface area contributed by atoms with Crippen LogP contribution in [0.4, 0.5) is 0 Å². The van der Waals surface area contributed by atoms with E-state index in [1.54, 1.807) is 0 Å². The molecule has 2 aliphatic rings. The number of aliphatic carboxylic acids is 1. The monoisotopic (exact) mass is 578 g/mol. The molecule has 0 radical (unpaired) electrons. The molecule has 10 nitrogen and oxygen atoms in total. The lowest BCUT2D eigenvalue weighted by molar-refractivity contribution is -0.142. The molecule has 1 unspecified atom stereocenters. The molecule has 2 fully saturated rings. The average Bonchev–Trinajstić information content (AvgIpc) is 3.72. The van der Waals surface area contributed by atoms with Gasteiger partial charge in [-0.3, -0.25) is 19.3 Å². The number of amides is 3. The van der Waals surface area contributed by atoms with Crippen molar-refractivity contribution < 1.29 is 29.0 Å². The van der Waals surface area contributed by atoms with E-state index in [0.717, 1.165) is 11.1 Å². The zero-order valence-corrected chi connectivity index (χ0v) is 24.4. The molecular weight excluding hydrogens is 536 g/mol. The maximum absolute atomic E-state index is 13.8. The van der Waals surface area contributed by atoms with E-state index in [-0.39, 0.29) is 30.7 Å². The number of hydrogen-bond acceptors (Lipinski definition) is 6. The third-order valence-electron chi connectivity index (χ3n) is 8.14. The van der Waals surface area contributed by atoms with Crippen LogP contribution >= 0.6 is 0 Å². The van der Waals surface area contributed by atoms with Gasteiger partial charge in [0, 0.05) is 19.5 Å². The maximum atomic E-state index is 13.8. The highest BCUT2D eigenvalue weighted by Crippen LogP contribution is 2.48. The van der Waals surface area contributed by atoms with Gasteiger partial charge in [-0.2, -0.15) is 0 Å². The number of nitrogens with zero attached hydrogens (tertiary/aromatic N) is 1. The fourth-order valence-corrected chi connectivity index (χ4v) is 5.62. The van der Waals surface area contributed by atoms with E-state index in [1.165, 1.54) is 0 Å². The minimum absolute atomic E-state index is 0.0760. The molecule has 2 aromatic carbocycles. The van der Waals surface area contributed by atoms with Crippen molar-refractivity contribution in [2.45, 2.75) is 57.2 Å². The second-order valence-electron chi connectivity index (χ2n) is 11.6. The second-order valence-corrected chi connectivity index (χ2v) is 11.6. The predicted molar refractivity (Wildman–Crippen MR) is 157 cm³/mol. The summed E-state index contributed by atoms with van der Waals surface area (Å²) in [4.78, 5) is 54.5. The summed E-state index contributed by atoms with van der Waals surface area (Å²) >= 11 is 0. The number of hydrogen-bond donors (Lipinski definition) is 4. The molecule has 0 aromatic heterocycles. The van der Waals surface area contributed by atoms with Gasteiger partial charge >= 0.3 is 5.97 Å². The van der Waals surface area contributed by atoms with Gasteiger partial charge in [-0.15, -0.1) is 0 Å². The number of benzene rings is 2. The summed E-state index contributed by atoms with van der Waals surface area (Å²) in [6.07, 6.45) is 1.42. The predicted octanol–water partition coefficient (Wildman–Crippen LogP) is 1.78. The Labute approximate surface area is 247 Å². The minimum atomic E-state index is -1.24. The molecule has 42 heavy (non-hydrogen) atoms. The third kappa shape index (κ3) is 8.39. The van der Waals surface area contributed by atoms with E-state index in [0.29, 0.717) is 45.6 Å². The number of carbonyl (C=O) groups excluding carboxylic acids is 3. The highest BCUT2D eigenvalue weighted by Gasteiger charge is 2.62. The molecule has 1 saturated carbocycles. The molecule has 1 saturated heterocycles. The first-order valence-corrected chi connectivity index (χ1v) is 14.7. The highest BCUT2D eigenvalue weighted by atomic mass is 16.5.